The van der Waals surface area contributed by atoms with Crippen LogP contribution in [0.15, 0.2) is 36.0 Å². The van der Waals surface area contributed by atoms with Crippen molar-refractivity contribution in [3.8, 4) is 0 Å². The molecule has 1 aromatic carbocycles. The van der Waals surface area contributed by atoms with Gasteiger partial charge in [0.2, 0.25) is 0 Å². The Labute approximate surface area is 130 Å². The van der Waals surface area contributed by atoms with Crippen LogP contribution in [-0.2, 0) is 9.59 Å². The van der Waals surface area contributed by atoms with Crippen LogP contribution < -0.4 is 0 Å². The first-order valence-electron chi connectivity index (χ1n) is 7.73. The van der Waals surface area contributed by atoms with Gasteiger partial charge in [0.1, 0.15) is 5.70 Å². The fraction of sp³-hybridized carbons (Fsp3) is 0.412. The van der Waals surface area contributed by atoms with Gasteiger partial charge in [-0.1, -0.05) is 30.3 Å². The zero-order chi connectivity index (χ0) is 15.7. The van der Waals surface area contributed by atoms with Crippen LogP contribution in [0.1, 0.15) is 12.5 Å². The highest BCUT2D eigenvalue weighted by Crippen LogP contribution is 2.31. The van der Waals surface area contributed by atoms with Gasteiger partial charge < -0.3 is 9.80 Å². The van der Waals surface area contributed by atoms with Crippen molar-refractivity contribution >= 4 is 17.4 Å². The summed E-state index contributed by atoms with van der Waals surface area (Å²) in [7, 11) is 2.07. The van der Waals surface area contributed by atoms with Gasteiger partial charge in [-0.15, -0.1) is 0 Å². The molecule has 2 aliphatic heterocycles. The van der Waals surface area contributed by atoms with Crippen LogP contribution in [0, 0.1) is 0 Å². The summed E-state index contributed by atoms with van der Waals surface area (Å²) in [6.07, 6.45) is 0. The molecule has 0 spiro atoms. The molecule has 0 atom stereocenters. The van der Waals surface area contributed by atoms with Crippen molar-refractivity contribution in [1.82, 2.24) is 14.7 Å². The molecule has 116 valence electrons. The normalized spacial score (nSPS) is 20.3. The predicted molar refractivity (Wildman–Crippen MR) is 84.8 cm³/mol. The number of imide groups is 1. The zero-order valence-corrected chi connectivity index (χ0v) is 13.1. The largest absolute Gasteiger partial charge is 0.364 e. The molecule has 5 heteroatoms. The maximum Gasteiger partial charge on any atom is 0.277 e. The van der Waals surface area contributed by atoms with Gasteiger partial charge in [-0.25, -0.2) is 0 Å². The van der Waals surface area contributed by atoms with E-state index in [4.69, 9.17) is 0 Å². The van der Waals surface area contributed by atoms with Gasteiger partial charge >= 0.3 is 0 Å². The third-order valence-corrected chi connectivity index (χ3v) is 4.34. The van der Waals surface area contributed by atoms with Gasteiger partial charge in [0, 0.05) is 32.7 Å². The highest BCUT2D eigenvalue weighted by Gasteiger charge is 2.41. The van der Waals surface area contributed by atoms with Gasteiger partial charge in [-0.05, 0) is 19.5 Å². The lowest BCUT2D eigenvalue weighted by Gasteiger charge is -2.34. The molecule has 0 bridgehead atoms. The Balaban J connectivity index is 2.05. The molecule has 22 heavy (non-hydrogen) atoms. The van der Waals surface area contributed by atoms with E-state index in [2.05, 4.69) is 16.8 Å². The molecule has 2 heterocycles. The van der Waals surface area contributed by atoms with Crippen molar-refractivity contribution in [3.63, 3.8) is 0 Å². The summed E-state index contributed by atoms with van der Waals surface area (Å²) in [6.45, 7) is 5.60. The van der Waals surface area contributed by atoms with E-state index in [0.717, 1.165) is 31.7 Å². The fourth-order valence-corrected chi connectivity index (χ4v) is 3.04. The van der Waals surface area contributed by atoms with Crippen LogP contribution >= 0.6 is 0 Å². The third-order valence-electron chi connectivity index (χ3n) is 4.34. The van der Waals surface area contributed by atoms with E-state index < -0.39 is 0 Å². The lowest BCUT2D eigenvalue weighted by Crippen LogP contribution is -2.46. The smallest absolute Gasteiger partial charge is 0.277 e. The van der Waals surface area contributed by atoms with Crippen molar-refractivity contribution in [2.45, 2.75) is 6.92 Å². The molecular weight excluding hydrogens is 278 g/mol. The molecule has 5 nitrogen and oxygen atoms in total. The number of carbonyl (C=O) groups excluding carboxylic acids is 2. The van der Waals surface area contributed by atoms with E-state index >= 15 is 0 Å². The second kappa shape index (κ2) is 5.93. The van der Waals surface area contributed by atoms with Crippen LogP contribution in [0.5, 0.6) is 0 Å². The van der Waals surface area contributed by atoms with Gasteiger partial charge in [-0.3, -0.25) is 14.5 Å². The van der Waals surface area contributed by atoms with Crippen molar-refractivity contribution in [2.24, 2.45) is 0 Å². The summed E-state index contributed by atoms with van der Waals surface area (Å²) in [5, 5.41) is 0. The Hall–Kier alpha value is -2.14. The van der Waals surface area contributed by atoms with Crippen molar-refractivity contribution in [2.75, 3.05) is 39.8 Å². The van der Waals surface area contributed by atoms with E-state index in [1.54, 1.807) is 0 Å². The molecule has 0 N–H and O–H groups in total. The number of rotatable bonds is 3. The van der Waals surface area contributed by atoms with Crippen molar-refractivity contribution < 1.29 is 9.59 Å². The zero-order valence-electron chi connectivity index (χ0n) is 13.1. The standard InChI is InChI=1S/C17H21N3O2/c1-3-20-16(21)14(13-7-5-4-6-8-13)15(17(20)22)19-11-9-18(2)10-12-19/h4-8H,3,9-12H2,1-2H3. The SMILES string of the molecule is CCN1C(=O)C(c2ccccc2)=C(N2CCN(C)CC2)C1=O. The Morgan fingerprint density at radius 3 is 2.18 bits per heavy atom. The number of piperazine rings is 1. The highest BCUT2D eigenvalue weighted by molar-refractivity contribution is 6.35. The van der Waals surface area contributed by atoms with Crippen molar-refractivity contribution in [1.29, 1.82) is 0 Å². The van der Waals surface area contributed by atoms with E-state index in [1.165, 1.54) is 4.90 Å². The number of carbonyl (C=O) groups is 2. The molecule has 0 aromatic heterocycles. The quantitative estimate of drug-likeness (QED) is 0.782. The number of hydrogen-bond acceptors (Lipinski definition) is 4. The Bertz CT molecular complexity index is 616. The monoisotopic (exact) mass is 299 g/mol. The highest BCUT2D eigenvalue weighted by atomic mass is 16.2. The molecule has 0 unspecified atom stereocenters. The minimum atomic E-state index is -0.173. The van der Waals surface area contributed by atoms with Crippen LogP contribution in [0.4, 0.5) is 0 Å². The first-order valence-corrected chi connectivity index (χ1v) is 7.73. The summed E-state index contributed by atoms with van der Waals surface area (Å²) < 4.78 is 0. The Morgan fingerprint density at radius 2 is 1.59 bits per heavy atom. The van der Waals surface area contributed by atoms with Crippen LogP contribution in [0.25, 0.3) is 5.57 Å². The van der Waals surface area contributed by atoms with Crippen molar-refractivity contribution in [3.05, 3.63) is 41.6 Å². The number of hydrogen-bond donors (Lipinski definition) is 0. The summed E-state index contributed by atoms with van der Waals surface area (Å²) in [5.41, 5.74) is 1.95. The molecular formula is C17H21N3O2. The Kier molecular flexibility index (Phi) is 3.98. The minimum Gasteiger partial charge on any atom is -0.364 e. The molecule has 0 radical (unpaired) electrons. The molecule has 2 aliphatic rings. The lowest BCUT2D eigenvalue weighted by atomic mass is 10.0. The first kappa shape index (κ1) is 14.8. The molecule has 3 rings (SSSR count). The lowest BCUT2D eigenvalue weighted by molar-refractivity contribution is -0.137. The Morgan fingerprint density at radius 1 is 0.955 bits per heavy atom. The molecule has 1 fully saturated rings. The molecule has 0 saturated carbocycles. The fourth-order valence-electron chi connectivity index (χ4n) is 3.04. The van der Waals surface area contributed by atoms with Gasteiger partial charge in [0.05, 0.1) is 5.57 Å². The second-order valence-electron chi connectivity index (χ2n) is 5.73. The number of benzene rings is 1. The number of amides is 2. The summed E-state index contributed by atoms with van der Waals surface area (Å²) in [6, 6.07) is 9.51. The van der Waals surface area contributed by atoms with E-state index in [0.29, 0.717) is 17.8 Å². The molecule has 2 amide bonds. The molecule has 1 saturated heterocycles. The summed E-state index contributed by atoms with van der Waals surface area (Å²) in [4.78, 5) is 31.0. The summed E-state index contributed by atoms with van der Waals surface area (Å²) in [5.74, 6) is -0.330. The maximum atomic E-state index is 12.7. The number of likely N-dealkylation sites (N-methyl/N-ethyl adjacent to an activating group) is 2. The van der Waals surface area contributed by atoms with Gasteiger partial charge in [0.25, 0.3) is 11.8 Å². The number of nitrogens with zero attached hydrogens (tertiary/aromatic N) is 3. The van der Waals surface area contributed by atoms with Crippen LogP contribution in [0.2, 0.25) is 0 Å². The average Bonchev–Trinajstić information content (AvgIpc) is 2.79. The molecule has 0 aliphatic carbocycles. The van der Waals surface area contributed by atoms with Gasteiger partial charge in [0.15, 0.2) is 0 Å². The topological polar surface area (TPSA) is 43.9 Å². The van der Waals surface area contributed by atoms with E-state index in [9.17, 15) is 9.59 Å². The molecule has 1 aromatic rings. The summed E-state index contributed by atoms with van der Waals surface area (Å²) >= 11 is 0. The van der Waals surface area contributed by atoms with E-state index in [-0.39, 0.29) is 11.8 Å². The van der Waals surface area contributed by atoms with Crippen LogP contribution in [-0.4, -0.2) is 66.3 Å². The minimum absolute atomic E-state index is 0.157. The third kappa shape index (κ3) is 2.41. The van der Waals surface area contributed by atoms with Crippen LogP contribution in [0.3, 0.4) is 0 Å². The van der Waals surface area contributed by atoms with E-state index in [1.807, 2.05) is 37.3 Å². The predicted octanol–water partition coefficient (Wildman–Crippen LogP) is 1.03. The average molecular weight is 299 g/mol. The van der Waals surface area contributed by atoms with Gasteiger partial charge in [-0.2, -0.15) is 0 Å². The maximum absolute atomic E-state index is 12.7. The first-order chi connectivity index (χ1) is 10.6. The second-order valence-corrected chi connectivity index (χ2v) is 5.73.